The Labute approximate surface area is 114 Å². The van der Waals surface area contributed by atoms with E-state index < -0.39 is 17.2 Å². The molecule has 3 heteroatoms. The molecule has 0 heterocycles. The Kier molecular flexibility index (Phi) is 5.48. The van der Waals surface area contributed by atoms with E-state index in [1.165, 1.54) is 12.1 Å². The average molecular weight is 270 g/mol. The SMILES string of the molecule is CC(C)CC(O)(Cc1ccc(F)cc1F)CC(C)C. The summed E-state index contributed by atoms with van der Waals surface area (Å²) in [4.78, 5) is 0. The predicted octanol–water partition coefficient (Wildman–Crippen LogP) is 4.33. The van der Waals surface area contributed by atoms with E-state index in [9.17, 15) is 13.9 Å². The van der Waals surface area contributed by atoms with Crippen molar-refractivity contribution < 1.29 is 13.9 Å². The molecule has 0 spiro atoms. The lowest BCUT2D eigenvalue weighted by Crippen LogP contribution is -2.35. The summed E-state index contributed by atoms with van der Waals surface area (Å²) in [6.07, 6.45) is 1.46. The quantitative estimate of drug-likeness (QED) is 0.815. The van der Waals surface area contributed by atoms with Crippen molar-refractivity contribution in [2.75, 3.05) is 0 Å². The standard InChI is InChI=1S/C16H24F2O/c1-11(2)8-16(19,9-12(3)4)10-13-5-6-14(17)7-15(13)18/h5-7,11-12,19H,8-10H2,1-4H3. The molecule has 1 aromatic rings. The Morgan fingerprint density at radius 3 is 2.00 bits per heavy atom. The molecule has 0 saturated carbocycles. The molecule has 0 saturated heterocycles. The molecule has 0 bridgehead atoms. The van der Waals surface area contributed by atoms with Crippen LogP contribution in [0.15, 0.2) is 18.2 Å². The molecule has 108 valence electrons. The zero-order valence-electron chi connectivity index (χ0n) is 12.2. The largest absolute Gasteiger partial charge is 0.390 e. The second kappa shape index (κ2) is 6.47. The van der Waals surface area contributed by atoms with Crippen LogP contribution in [0, 0.1) is 23.5 Å². The van der Waals surface area contributed by atoms with Gasteiger partial charge in [-0.25, -0.2) is 8.78 Å². The molecule has 1 aromatic carbocycles. The van der Waals surface area contributed by atoms with Gasteiger partial charge in [0.1, 0.15) is 11.6 Å². The van der Waals surface area contributed by atoms with Gasteiger partial charge in [-0.1, -0.05) is 33.8 Å². The van der Waals surface area contributed by atoms with Crippen molar-refractivity contribution in [3.05, 3.63) is 35.4 Å². The fourth-order valence-electron chi connectivity index (χ4n) is 2.77. The highest BCUT2D eigenvalue weighted by Gasteiger charge is 2.30. The van der Waals surface area contributed by atoms with E-state index >= 15 is 0 Å². The smallest absolute Gasteiger partial charge is 0.129 e. The number of halogens is 2. The Morgan fingerprint density at radius 2 is 1.58 bits per heavy atom. The van der Waals surface area contributed by atoms with Gasteiger partial charge in [0.2, 0.25) is 0 Å². The van der Waals surface area contributed by atoms with Gasteiger partial charge in [0.25, 0.3) is 0 Å². The summed E-state index contributed by atoms with van der Waals surface area (Å²) in [5, 5.41) is 10.7. The molecular weight excluding hydrogens is 246 g/mol. The lowest BCUT2D eigenvalue weighted by Gasteiger charge is -2.32. The van der Waals surface area contributed by atoms with E-state index in [0.29, 0.717) is 30.2 Å². The molecular formula is C16H24F2O. The lowest BCUT2D eigenvalue weighted by atomic mass is 9.80. The monoisotopic (exact) mass is 270 g/mol. The fraction of sp³-hybridized carbons (Fsp3) is 0.625. The molecule has 0 radical (unpaired) electrons. The molecule has 0 amide bonds. The minimum atomic E-state index is -0.930. The van der Waals surface area contributed by atoms with Gasteiger partial charge in [0.15, 0.2) is 0 Å². The third-order valence-electron chi connectivity index (χ3n) is 3.11. The maximum absolute atomic E-state index is 13.7. The van der Waals surface area contributed by atoms with Gasteiger partial charge in [-0.3, -0.25) is 0 Å². The average Bonchev–Trinajstić information content (AvgIpc) is 2.19. The zero-order valence-corrected chi connectivity index (χ0v) is 12.2. The van der Waals surface area contributed by atoms with Crippen molar-refractivity contribution in [3.63, 3.8) is 0 Å². The summed E-state index contributed by atoms with van der Waals surface area (Å²) < 4.78 is 26.6. The van der Waals surface area contributed by atoms with Gasteiger partial charge in [-0.15, -0.1) is 0 Å². The van der Waals surface area contributed by atoms with Crippen molar-refractivity contribution in [1.82, 2.24) is 0 Å². The summed E-state index contributed by atoms with van der Waals surface area (Å²) in [7, 11) is 0. The first-order chi connectivity index (χ1) is 8.72. The molecule has 0 aliphatic rings. The Balaban J connectivity index is 2.93. The van der Waals surface area contributed by atoms with Gasteiger partial charge >= 0.3 is 0 Å². The van der Waals surface area contributed by atoms with E-state index in [2.05, 4.69) is 0 Å². The Hall–Kier alpha value is -0.960. The van der Waals surface area contributed by atoms with Gasteiger partial charge in [0, 0.05) is 12.5 Å². The van der Waals surface area contributed by atoms with Crippen LogP contribution in [-0.2, 0) is 6.42 Å². The van der Waals surface area contributed by atoms with Crippen LogP contribution in [0.5, 0.6) is 0 Å². The van der Waals surface area contributed by atoms with Crippen LogP contribution >= 0.6 is 0 Å². The van der Waals surface area contributed by atoms with E-state index in [0.717, 1.165) is 6.07 Å². The highest BCUT2D eigenvalue weighted by Crippen LogP contribution is 2.29. The Bertz CT molecular complexity index is 403. The fourth-order valence-corrected chi connectivity index (χ4v) is 2.77. The van der Waals surface area contributed by atoms with Crippen molar-refractivity contribution in [2.24, 2.45) is 11.8 Å². The van der Waals surface area contributed by atoms with Crippen LogP contribution in [0.3, 0.4) is 0 Å². The van der Waals surface area contributed by atoms with Crippen LogP contribution in [0.2, 0.25) is 0 Å². The van der Waals surface area contributed by atoms with E-state index in [1.807, 2.05) is 27.7 Å². The lowest BCUT2D eigenvalue weighted by molar-refractivity contribution is 0.0000352. The third-order valence-corrected chi connectivity index (χ3v) is 3.11. The third kappa shape index (κ3) is 5.27. The summed E-state index contributed by atoms with van der Waals surface area (Å²) in [5.41, 5.74) is -0.550. The summed E-state index contributed by atoms with van der Waals surface area (Å²) >= 11 is 0. The van der Waals surface area contributed by atoms with Crippen LogP contribution in [0.1, 0.15) is 46.1 Å². The normalized spacial score (nSPS) is 12.5. The van der Waals surface area contributed by atoms with Crippen molar-refractivity contribution in [2.45, 2.75) is 52.6 Å². The maximum atomic E-state index is 13.7. The zero-order chi connectivity index (χ0) is 14.6. The number of benzene rings is 1. The molecule has 19 heavy (non-hydrogen) atoms. The first kappa shape index (κ1) is 16.1. The highest BCUT2D eigenvalue weighted by atomic mass is 19.1. The molecule has 0 aliphatic carbocycles. The number of rotatable bonds is 6. The highest BCUT2D eigenvalue weighted by molar-refractivity contribution is 5.20. The molecule has 0 aromatic heterocycles. The molecule has 0 unspecified atom stereocenters. The minimum absolute atomic E-state index is 0.232. The van der Waals surface area contributed by atoms with E-state index in [4.69, 9.17) is 0 Å². The van der Waals surface area contributed by atoms with Crippen molar-refractivity contribution in [3.8, 4) is 0 Å². The second-order valence-electron chi connectivity index (χ2n) is 6.33. The van der Waals surface area contributed by atoms with Gasteiger partial charge in [-0.05, 0) is 36.3 Å². The number of hydrogen-bond acceptors (Lipinski definition) is 1. The van der Waals surface area contributed by atoms with Crippen molar-refractivity contribution in [1.29, 1.82) is 0 Å². The first-order valence-electron chi connectivity index (χ1n) is 6.88. The topological polar surface area (TPSA) is 20.2 Å². The minimum Gasteiger partial charge on any atom is -0.390 e. The molecule has 0 aliphatic heterocycles. The predicted molar refractivity (Wildman–Crippen MR) is 73.9 cm³/mol. The molecule has 1 rings (SSSR count). The summed E-state index contributed by atoms with van der Waals surface area (Å²) in [6, 6.07) is 3.54. The molecule has 0 fully saturated rings. The summed E-state index contributed by atoms with van der Waals surface area (Å²) in [6.45, 7) is 8.14. The van der Waals surface area contributed by atoms with Crippen molar-refractivity contribution >= 4 is 0 Å². The van der Waals surface area contributed by atoms with Crippen LogP contribution in [-0.4, -0.2) is 10.7 Å². The second-order valence-corrected chi connectivity index (χ2v) is 6.33. The number of aliphatic hydroxyl groups is 1. The maximum Gasteiger partial charge on any atom is 0.129 e. The van der Waals surface area contributed by atoms with E-state index in [1.54, 1.807) is 0 Å². The van der Waals surface area contributed by atoms with Crippen LogP contribution in [0.4, 0.5) is 8.78 Å². The molecule has 1 nitrogen and oxygen atoms in total. The molecule has 1 N–H and O–H groups in total. The van der Waals surface area contributed by atoms with E-state index in [-0.39, 0.29) is 6.42 Å². The van der Waals surface area contributed by atoms with Gasteiger partial charge in [0.05, 0.1) is 5.60 Å². The van der Waals surface area contributed by atoms with Crippen LogP contribution in [0.25, 0.3) is 0 Å². The van der Waals surface area contributed by atoms with Gasteiger partial charge < -0.3 is 5.11 Å². The first-order valence-corrected chi connectivity index (χ1v) is 6.88. The van der Waals surface area contributed by atoms with Gasteiger partial charge in [-0.2, -0.15) is 0 Å². The Morgan fingerprint density at radius 1 is 1.05 bits per heavy atom. The molecule has 0 atom stereocenters. The summed E-state index contributed by atoms with van der Waals surface area (Å²) in [5.74, 6) is -0.511. The van der Waals surface area contributed by atoms with Crippen LogP contribution < -0.4 is 0 Å². The number of hydrogen-bond donors (Lipinski definition) is 1.